The number of thiophene rings is 1. The average Bonchev–Trinajstić information content (AvgIpc) is 3.51. The van der Waals surface area contributed by atoms with Crippen molar-refractivity contribution < 1.29 is 19.4 Å². The molecule has 5 rings (SSSR count). The predicted octanol–water partition coefficient (Wildman–Crippen LogP) is 5.80. The van der Waals surface area contributed by atoms with Crippen LogP contribution in [0.25, 0.3) is 21.3 Å². The molecule has 1 unspecified atom stereocenters. The fourth-order valence-corrected chi connectivity index (χ4v) is 5.99. The van der Waals surface area contributed by atoms with Crippen molar-refractivity contribution in [2.24, 2.45) is 0 Å². The lowest BCUT2D eigenvalue weighted by Crippen LogP contribution is -2.30. The van der Waals surface area contributed by atoms with Gasteiger partial charge in [-0.3, -0.25) is 9.69 Å². The number of ether oxygens (including phenoxy) is 1. The molecule has 0 radical (unpaired) electrons. The lowest BCUT2D eigenvalue weighted by Gasteiger charge is -2.22. The maximum atomic E-state index is 13.2. The molecule has 1 amide bonds. The normalized spacial score (nSPS) is 16.1. The summed E-state index contributed by atoms with van der Waals surface area (Å²) >= 11 is 2.77. The number of amides is 1. The van der Waals surface area contributed by atoms with Crippen LogP contribution in [0, 0.1) is 6.92 Å². The topological polar surface area (TPSA) is 79.7 Å². The highest BCUT2D eigenvalue weighted by Crippen LogP contribution is 2.46. The Labute approximate surface area is 198 Å². The van der Waals surface area contributed by atoms with Crippen molar-refractivity contribution in [2.75, 3.05) is 11.5 Å². The van der Waals surface area contributed by atoms with E-state index in [4.69, 9.17) is 4.74 Å². The third kappa shape index (κ3) is 3.71. The summed E-state index contributed by atoms with van der Waals surface area (Å²) in [6, 6.07) is 16.8. The van der Waals surface area contributed by atoms with E-state index in [0.29, 0.717) is 5.13 Å². The molecule has 6 nitrogen and oxygen atoms in total. The van der Waals surface area contributed by atoms with E-state index in [9.17, 15) is 14.7 Å². The summed E-state index contributed by atoms with van der Waals surface area (Å²) in [7, 11) is 0. The second-order valence-electron chi connectivity index (χ2n) is 7.63. The van der Waals surface area contributed by atoms with E-state index in [1.54, 1.807) is 6.92 Å². The van der Waals surface area contributed by atoms with Crippen LogP contribution in [0.2, 0.25) is 0 Å². The van der Waals surface area contributed by atoms with Crippen LogP contribution < -0.4 is 4.90 Å². The van der Waals surface area contributed by atoms with Gasteiger partial charge in [0, 0.05) is 4.88 Å². The fourth-order valence-electron chi connectivity index (χ4n) is 3.89. The quantitative estimate of drug-likeness (QED) is 0.369. The van der Waals surface area contributed by atoms with Crippen LogP contribution in [0.3, 0.4) is 0 Å². The number of carbonyl (C=O) groups excluding carboxylic acids is 2. The standard InChI is InChI=1S/C25H20N2O4S2/c1-3-31-24(30)20-21(19-12-16(13-32-19)15-7-5-4-6-8-15)27(23(29)22(20)28)25-26-17-10-9-14(2)11-18(17)33-25/h4-13,21,28H,3H2,1-2H3. The van der Waals surface area contributed by atoms with Gasteiger partial charge < -0.3 is 9.84 Å². The summed E-state index contributed by atoms with van der Waals surface area (Å²) in [5.74, 6) is -1.96. The van der Waals surface area contributed by atoms with E-state index in [-0.39, 0.29) is 12.2 Å². The highest BCUT2D eigenvalue weighted by molar-refractivity contribution is 7.22. The fraction of sp³-hybridized carbons (Fsp3) is 0.160. The first-order valence-corrected chi connectivity index (χ1v) is 12.1. The van der Waals surface area contributed by atoms with Gasteiger partial charge in [-0.15, -0.1) is 11.3 Å². The summed E-state index contributed by atoms with van der Waals surface area (Å²) < 4.78 is 6.13. The number of fused-ring (bicyclic) bond motifs is 1. The van der Waals surface area contributed by atoms with Crippen LogP contribution in [0.4, 0.5) is 5.13 Å². The molecule has 166 valence electrons. The third-order valence-corrected chi connectivity index (χ3v) is 7.44. The molecule has 2 aromatic heterocycles. The Morgan fingerprint density at radius 1 is 1.15 bits per heavy atom. The number of aliphatic hydroxyl groups is 1. The van der Waals surface area contributed by atoms with Gasteiger partial charge in [-0.25, -0.2) is 9.78 Å². The minimum atomic E-state index is -0.819. The molecule has 4 aromatic rings. The maximum Gasteiger partial charge on any atom is 0.340 e. The Kier molecular flexibility index (Phi) is 5.47. The van der Waals surface area contributed by atoms with Gasteiger partial charge in [0.1, 0.15) is 11.6 Å². The van der Waals surface area contributed by atoms with Gasteiger partial charge in [-0.05, 0) is 54.1 Å². The number of thiazole rings is 1. The molecule has 1 aliphatic rings. The third-order valence-electron chi connectivity index (χ3n) is 5.44. The second kappa shape index (κ2) is 8.46. The van der Waals surface area contributed by atoms with Crippen molar-refractivity contribution in [3.63, 3.8) is 0 Å². The van der Waals surface area contributed by atoms with Gasteiger partial charge in [0.05, 0.1) is 16.8 Å². The number of carbonyl (C=O) groups is 2. The lowest BCUT2D eigenvalue weighted by molar-refractivity contribution is -0.139. The zero-order valence-electron chi connectivity index (χ0n) is 17.9. The second-order valence-corrected chi connectivity index (χ2v) is 9.58. The van der Waals surface area contributed by atoms with Crippen molar-refractivity contribution in [2.45, 2.75) is 19.9 Å². The number of aryl methyl sites for hydroxylation is 1. The van der Waals surface area contributed by atoms with Crippen LogP contribution in [0.15, 0.2) is 71.3 Å². The smallest absolute Gasteiger partial charge is 0.340 e. The number of hydrogen-bond acceptors (Lipinski definition) is 7. The first-order valence-electron chi connectivity index (χ1n) is 10.4. The Hall–Kier alpha value is -3.49. The minimum absolute atomic E-state index is 0.0567. The van der Waals surface area contributed by atoms with Crippen LogP contribution >= 0.6 is 22.7 Å². The summed E-state index contributed by atoms with van der Waals surface area (Å²) in [4.78, 5) is 32.8. The molecule has 0 saturated heterocycles. The molecule has 3 heterocycles. The number of hydrogen-bond donors (Lipinski definition) is 1. The number of rotatable bonds is 5. The number of aromatic nitrogens is 1. The molecule has 0 saturated carbocycles. The van der Waals surface area contributed by atoms with Gasteiger partial charge in [0.25, 0.3) is 5.91 Å². The van der Waals surface area contributed by atoms with E-state index < -0.39 is 23.7 Å². The van der Waals surface area contributed by atoms with Crippen molar-refractivity contribution in [1.29, 1.82) is 0 Å². The maximum absolute atomic E-state index is 13.2. The number of anilines is 1. The summed E-state index contributed by atoms with van der Waals surface area (Å²) in [5, 5.41) is 13.1. The van der Waals surface area contributed by atoms with Crippen molar-refractivity contribution >= 4 is 49.9 Å². The summed E-state index contributed by atoms with van der Waals surface area (Å²) in [6.07, 6.45) is 0. The van der Waals surface area contributed by atoms with E-state index in [2.05, 4.69) is 4.98 Å². The molecule has 0 aliphatic carbocycles. The summed E-state index contributed by atoms with van der Waals surface area (Å²) in [5.41, 5.74) is 3.78. The Morgan fingerprint density at radius 3 is 2.70 bits per heavy atom. The molecule has 1 aliphatic heterocycles. The van der Waals surface area contributed by atoms with E-state index in [1.807, 2.05) is 66.9 Å². The molecule has 8 heteroatoms. The van der Waals surface area contributed by atoms with E-state index in [1.165, 1.54) is 27.6 Å². The first kappa shape index (κ1) is 21.4. The molecule has 2 aromatic carbocycles. The Balaban J connectivity index is 1.64. The van der Waals surface area contributed by atoms with E-state index >= 15 is 0 Å². The number of aliphatic hydroxyl groups excluding tert-OH is 1. The van der Waals surface area contributed by atoms with Gasteiger partial charge in [0.2, 0.25) is 0 Å². The Bertz CT molecular complexity index is 1400. The van der Waals surface area contributed by atoms with Gasteiger partial charge in [0.15, 0.2) is 10.9 Å². The minimum Gasteiger partial charge on any atom is -0.503 e. The van der Waals surface area contributed by atoms with Gasteiger partial charge >= 0.3 is 5.97 Å². The van der Waals surface area contributed by atoms with Crippen LogP contribution in [-0.2, 0) is 14.3 Å². The molecule has 1 atom stereocenters. The highest BCUT2D eigenvalue weighted by Gasteiger charge is 2.47. The monoisotopic (exact) mass is 476 g/mol. The molecular formula is C25H20N2O4S2. The molecule has 33 heavy (non-hydrogen) atoms. The molecular weight excluding hydrogens is 456 g/mol. The van der Waals surface area contributed by atoms with Crippen LogP contribution in [0.5, 0.6) is 0 Å². The van der Waals surface area contributed by atoms with Crippen molar-refractivity contribution in [3.05, 3.63) is 81.8 Å². The molecule has 1 N–H and O–H groups in total. The first-order chi connectivity index (χ1) is 16.0. The lowest BCUT2D eigenvalue weighted by atomic mass is 10.0. The van der Waals surface area contributed by atoms with Gasteiger partial charge in [-0.2, -0.15) is 0 Å². The van der Waals surface area contributed by atoms with Crippen LogP contribution in [0.1, 0.15) is 23.4 Å². The molecule has 0 spiro atoms. The number of benzene rings is 2. The number of esters is 1. The zero-order chi connectivity index (χ0) is 23.1. The highest BCUT2D eigenvalue weighted by atomic mass is 32.1. The predicted molar refractivity (Wildman–Crippen MR) is 131 cm³/mol. The van der Waals surface area contributed by atoms with Crippen LogP contribution in [-0.4, -0.2) is 28.6 Å². The Morgan fingerprint density at radius 2 is 1.94 bits per heavy atom. The van der Waals surface area contributed by atoms with E-state index in [0.717, 1.165) is 31.8 Å². The van der Waals surface area contributed by atoms with Crippen molar-refractivity contribution in [3.8, 4) is 11.1 Å². The SMILES string of the molecule is CCOC(=O)C1=C(O)C(=O)N(c2nc3ccc(C)cc3s2)C1c1cc(-c2ccccc2)cs1. The summed E-state index contributed by atoms with van der Waals surface area (Å²) in [6.45, 7) is 3.82. The molecule has 0 fully saturated rings. The van der Waals surface area contributed by atoms with Crippen molar-refractivity contribution in [1.82, 2.24) is 4.98 Å². The molecule has 0 bridgehead atoms. The van der Waals surface area contributed by atoms with Gasteiger partial charge in [-0.1, -0.05) is 47.7 Å². The average molecular weight is 477 g/mol. The number of nitrogens with zero attached hydrogens (tertiary/aromatic N) is 2. The largest absolute Gasteiger partial charge is 0.503 e. The zero-order valence-corrected chi connectivity index (χ0v) is 19.6.